The van der Waals surface area contributed by atoms with Crippen LogP contribution in [0, 0.1) is 0 Å². The molecule has 0 saturated carbocycles. The molecule has 4 heteroatoms. The topological polar surface area (TPSA) is 58.6 Å². The van der Waals surface area contributed by atoms with Crippen LogP contribution in [0.15, 0.2) is 41.9 Å². The summed E-state index contributed by atoms with van der Waals surface area (Å²) in [4.78, 5) is 11.7. The number of ether oxygens (including phenoxy) is 2. The van der Waals surface area contributed by atoms with Crippen LogP contribution in [-0.2, 0) is 20.7 Å². The van der Waals surface area contributed by atoms with Gasteiger partial charge < -0.3 is 14.6 Å². The number of cyclic esters (lactones) is 1. The number of rotatable bonds is 2. The van der Waals surface area contributed by atoms with Gasteiger partial charge in [-0.3, -0.25) is 0 Å². The molecule has 0 amide bonds. The van der Waals surface area contributed by atoms with Crippen LogP contribution in [0.2, 0.25) is 0 Å². The molecule has 17 heavy (non-hydrogen) atoms. The maximum atomic E-state index is 11.7. The van der Waals surface area contributed by atoms with Gasteiger partial charge in [0.25, 0.3) is 0 Å². The monoisotopic (exact) mass is 233 g/mol. The number of hydrogen-bond donors (Lipinski definition) is 0. The number of benzene rings is 1. The van der Waals surface area contributed by atoms with E-state index in [-0.39, 0.29) is 12.0 Å². The SMILES string of the molecule is CC1(C)OC(=O)C(Cc2ccccc2)=C([O-])O1. The molecular formula is C13H13O4-. The van der Waals surface area contributed by atoms with Gasteiger partial charge in [-0.1, -0.05) is 30.3 Å². The molecule has 0 aliphatic carbocycles. The van der Waals surface area contributed by atoms with Gasteiger partial charge in [0, 0.05) is 6.42 Å². The van der Waals surface area contributed by atoms with Gasteiger partial charge in [-0.15, -0.1) is 0 Å². The second kappa shape index (κ2) is 4.13. The Morgan fingerprint density at radius 1 is 1.18 bits per heavy atom. The summed E-state index contributed by atoms with van der Waals surface area (Å²) < 4.78 is 10.0. The highest BCUT2D eigenvalue weighted by atomic mass is 16.8. The minimum atomic E-state index is -1.17. The Kier molecular flexibility index (Phi) is 2.79. The molecule has 0 aromatic heterocycles. The summed E-state index contributed by atoms with van der Waals surface area (Å²) in [7, 11) is 0. The third-order valence-electron chi connectivity index (χ3n) is 2.39. The molecule has 1 aliphatic rings. The van der Waals surface area contributed by atoms with Crippen molar-refractivity contribution in [1.82, 2.24) is 0 Å². The van der Waals surface area contributed by atoms with Crippen molar-refractivity contribution in [2.75, 3.05) is 0 Å². The molecule has 0 bridgehead atoms. The molecule has 0 fully saturated rings. The highest BCUT2D eigenvalue weighted by molar-refractivity contribution is 5.89. The molecule has 2 rings (SSSR count). The molecule has 0 N–H and O–H groups in total. The summed E-state index contributed by atoms with van der Waals surface area (Å²) in [5.41, 5.74) is 0.909. The van der Waals surface area contributed by atoms with Crippen LogP contribution in [0.5, 0.6) is 0 Å². The summed E-state index contributed by atoms with van der Waals surface area (Å²) in [6, 6.07) is 9.24. The molecule has 0 atom stereocenters. The lowest BCUT2D eigenvalue weighted by atomic mass is 10.1. The number of hydrogen-bond acceptors (Lipinski definition) is 4. The minimum absolute atomic E-state index is 0.0375. The quantitative estimate of drug-likeness (QED) is 0.718. The van der Waals surface area contributed by atoms with Gasteiger partial charge >= 0.3 is 5.97 Å². The van der Waals surface area contributed by atoms with Crippen LogP contribution >= 0.6 is 0 Å². The summed E-state index contributed by atoms with van der Waals surface area (Å²) in [6.45, 7) is 3.06. The van der Waals surface area contributed by atoms with E-state index in [0.29, 0.717) is 0 Å². The van der Waals surface area contributed by atoms with Crippen molar-refractivity contribution >= 4 is 5.97 Å². The van der Waals surface area contributed by atoms with E-state index >= 15 is 0 Å². The molecule has 1 aromatic rings. The summed E-state index contributed by atoms with van der Waals surface area (Å²) in [5, 5.41) is 11.7. The van der Waals surface area contributed by atoms with E-state index < -0.39 is 17.7 Å². The average molecular weight is 233 g/mol. The van der Waals surface area contributed by atoms with Crippen molar-refractivity contribution in [3.8, 4) is 0 Å². The Labute approximate surface area is 99.5 Å². The predicted molar refractivity (Wildman–Crippen MR) is 58.4 cm³/mol. The first-order valence-corrected chi connectivity index (χ1v) is 5.34. The highest BCUT2D eigenvalue weighted by Crippen LogP contribution is 2.25. The van der Waals surface area contributed by atoms with Gasteiger partial charge in [0.05, 0.1) is 11.5 Å². The molecule has 1 aromatic carbocycles. The maximum absolute atomic E-state index is 11.7. The van der Waals surface area contributed by atoms with E-state index in [4.69, 9.17) is 9.47 Å². The van der Waals surface area contributed by atoms with E-state index in [9.17, 15) is 9.90 Å². The van der Waals surface area contributed by atoms with Gasteiger partial charge in [-0.25, -0.2) is 4.79 Å². The van der Waals surface area contributed by atoms with Gasteiger partial charge in [0.15, 0.2) is 5.79 Å². The van der Waals surface area contributed by atoms with E-state index in [2.05, 4.69) is 0 Å². The molecule has 1 heterocycles. The largest absolute Gasteiger partial charge is 0.575 e. The molecular weight excluding hydrogens is 220 g/mol. The van der Waals surface area contributed by atoms with Crippen molar-refractivity contribution in [1.29, 1.82) is 0 Å². The predicted octanol–water partition coefficient (Wildman–Crippen LogP) is 1.11. The molecule has 90 valence electrons. The lowest BCUT2D eigenvalue weighted by molar-refractivity contribution is -0.394. The third-order valence-corrected chi connectivity index (χ3v) is 2.39. The summed E-state index contributed by atoms with van der Waals surface area (Å²) >= 11 is 0. The van der Waals surface area contributed by atoms with E-state index in [1.807, 2.05) is 30.3 Å². The first kappa shape index (κ1) is 11.5. The lowest BCUT2D eigenvalue weighted by Gasteiger charge is -2.39. The Bertz CT molecular complexity index is 460. The Hall–Kier alpha value is -1.97. The second-order valence-corrected chi connectivity index (χ2v) is 4.32. The van der Waals surface area contributed by atoms with Gasteiger partial charge in [0.1, 0.15) is 0 Å². The van der Waals surface area contributed by atoms with Crippen LogP contribution in [0.3, 0.4) is 0 Å². The zero-order valence-corrected chi connectivity index (χ0v) is 9.73. The Balaban J connectivity index is 2.24. The molecule has 1 aliphatic heterocycles. The second-order valence-electron chi connectivity index (χ2n) is 4.32. The standard InChI is InChI=1S/C13H14O4/c1-13(2)16-11(14)10(12(15)17-13)8-9-6-4-3-5-7-9/h3-7,14H,8H2,1-2H3/p-1. The normalized spacial score (nSPS) is 18.6. The minimum Gasteiger partial charge on any atom is -0.575 e. The fourth-order valence-corrected chi connectivity index (χ4v) is 1.62. The van der Waals surface area contributed by atoms with Crippen molar-refractivity contribution in [3.63, 3.8) is 0 Å². The molecule has 0 radical (unpaired) electrons. The summed E-state index contributed by atoms with van der Waals surface area (Å²) in [6.07, 6.45) is 0.231. The van der Waals surface area contributed by atoms with Crippen molar-refractivity contribution in [2.24, 2.45) is 0 Å². The maximum Gasteiger partial charge on any atom is 0.337 e. The number of esters is 1. The van der Waals surface area contributed by atoms with Crippen LogP contribution in [0.25, 0.3) is 0 Å². The molecule has 0 saturated heterocycles. The zero-order valence-electron chi connectivity index (χ0n) is 9.73. The number of carbonyl (C=O) groups excluding carboxylic acids is 1. The van der Waals surface area contributed by atoms with E-state index in [0.717, 1.165) is 5.56 Å². The zero-order chi connectivity index (χ0) is 12.5. The lowest BCUT2D eigenvalue weighted by Crippen LogP contribution is -2.40. The van der Waals surface area contributed by atoms with Crippen LogP contribution in [0.1, 0.15) is 19.4 Å². The Morgan fingerprint density at radius 2 is 1.82 bits per heavy atom. The first-order chi connectivity index (χ1) is 7.98. The molecule has 4 nitrogen and oxygen atoms in total. The summed E-state index contributed by atoms with van der Waals surface area (Å²) in [5.74, 6) is -2.38. The smallest absolute Gasteiger partial charge is 0.337 e. The first-order valence-electron chi connectivity index (χ1n) is 5.34. The molecule has 0 unspecified atom stereocenters. The van der Waals surface area contributed by atoms with Crippen molar-refractivity contribution in [2.45, 2.75) is 26.1 Å². The van der Waals surface area contributed by atoms with Crippen LogP contribution in [0.4, 0.5) is 0 Å². The molecule has 0 spiro atoms. The van der Waals surface area contributed by atoms with Crippen LogP contribution < -0.4 is 5.11 Å². The Morgan fingerprint density at radius 3 is 2.41 bits per heavy atom. The van der Waals surface area contributed by atoms with Gasteiger partial charge in [-0.2, -0.15) is 0 Å². The van der Waals surface area contributed by atoms with E-state index in [1.54, 1.807) is 0 Å². The third kappa shape index (κ3) is 2.58. The van der Waals surface area contributed by atoms with Crippen molar-refractivity contribution in [3.05, 3.63) is 47.4 Å². The fourth-order valence-electron chi connectivity index (χ4n) is 1.62. The average Bonchev–Trinajstić information content (AvgIpc) is 2.24. The van der Waals surface area contributed by atoms with Gasteiger partial charge in [0.2, 0.25) is 0 Å². The number of carbonyl (C=O) groups is 1. The van der Waals surface area contributed by atoms with Gasteiger partial charge in [-0.05, 0) is 19.4 Å². The van der Waals surface area contributed by atoms with Crippen molar-refractivity contribution < 1.29 is 19.4 Å². The highest BCUT2D eigenvalue weighted by Gasteiger charge is 2.28. The fraction of sp³-hybridized carbons (Fsp3) is 0.308. The van der Waals surface area contributed by atoms with E-state index in [1.165, 1.54) is 13.8 Å². The van der Waals surface area contributed by atoms with Crippen LogP contribution in [-0.4, -0.2) is 11.8 Å².